The van der Waals surface area contributed by atoms with Crippen molar-refractivity contribution in [1.82, 2.24) is 10.3 Å². The molecular formula is C19H22N2O. The third-order valence-electron chi connectivity index (χ3n) is 4.57. The molecule has 22 heavy (non-hydrogen) atoms. The van der Waals surface area contributed by atoms with E-state index in [1.165, 1.54) is 5.56 Å². The number of carbonyl (C=O) groups is 1. The number of benzene rings is 1. The van der Waals surface area contributed by atoms with Gasteiger partial charge in [0.2, 0.25) is 5.91 Å². The van der Waals surface area contributed by atoms with E-state index in [1.807, 2.05) is 36.4 Å². The van der Waals surface area contributed by atoms with Crippen molar-refractivity contribution >= 4 is 5.91 Å². The monoisotopic (exact) mass is 294 g/mol. The summed E-state index contributed by atoms with van der Waals surface area (Å²) < 4.78 is 0. The number of rotatable bonds is 6. The second kappa shape index (κ2) is 6.73. The van der Waals surface area contributed by atoms with Gasteiger partial charge >= 0.3 is 0 Å². The lowest BCUT2D eigenvalue weighted by molar-refractivity contribution is -0.135. The molecule has 1 amide bonds. The van der Waals surface area contributed by atoms with E-state index in [0.29, 0.717) is 6.54 Å². The first-order valence-electron chi connectivity index (χ1n) is 8.01. The van der Waals surface area contributed by atoms with Gasteiger partial charge in [-0.15, -0.1) is 0 Å². The minimum Gasteiger partial charge on any atom is -0.355 e. The lowest BCUT2D eigenvalue weighted by Crippen LogP contribution is -2.47. The summed E-state index contributed by atoms with van der Waals surface area (Å²) in [4.78, 5) is 16.9. The topological polar surface area (TPSA) is 42.0 Å². The SMILES string of the molecule is O=C(NCCc1ccccn1)C1(Cc2ccccc2)CCC1. The van der Waals surface area contributed by atoms with Gasteiger partial charge in [0, 0.05) is 24.9 Å². The van der Waals surface area contributed by atoms with Gasteiger partial charge in [-0.2, -0.15) is 0 Å². The fourth-order valence-electron chi connectivity index (χ4n) is 3.11. The molecule has 1 aliphatic rings. The maximum Gasteiger partial charge on any atom is 0.226 e. The fourth-order valence-corrected chi connectivity index (χ4v) is 3.11. The molecule has 1 aliphatic carbocycles. The van der Waals surface area contributed by atoms with Crippen LogP contribution in [0.4, 0.5) is 0 Å². The van der Waals surface area contributed by atoms with Crippen molar-refractivity contribution in [3.63, 3.8) is 0 Å². The summed E-state index contributed by atoms with van der Waals surface area (Å²) in [6, 6.07) is 16.2. The molecular weight excluding hydrogens is 272 g/mol. The first-order valence-corrected chi connectivity index (χ1v) is 8.01. The molecule has 1 fully saturated rings. The quantitative estimate of drug-likeness (QED) is 0.889. The smallest absolute Gasteiger partial charge is 0.226 e. The van der Waals surface area contributed by atoms with Crippen molar-refractivity contribution in [1.29, 1.82) is 0 Å². The summed E-state index contributed by atoms with van der Waals surface area (Å²) in [5.74, 6) is 0.207. The standard InChI is InChI=1S/C19H22N2O/c22-18(21-14-10-17-9-4-5-13-20-17)19(11-6-12-19)15-16-7-2-1-3-8-16/h1-5,7-9,13H,6,10-12,14-15H2,(H,21,22). The highest BCUT2D eigenvalue weighted by Crippen LogP contribution is 2.43. The van der Waals surface area contributed by atoms with Crippen LogP contribution in [0.5, 0.6) is 0 Å². The van der Waals surface area contributed by atoms with Crippen molar-refractivity contribution in [2.24, 2.45) is 5.41 Å². The number of nitrogens with one attached hydrogen (secondary N) is 1. The lowest BCUT2D eigenvalue weighted by Gasteiger charge is -2.40. The van der Waals surface area contributed by atoms with E-state index in [2.05, 4.69) is 22.4 Å². The second-order valence-electron chi connectivity index (χ2n) is 6.12. The third kappa shape index (κ3) is 3.35. The molecule has 0 radical (unpaired) electrons. The zero-order valence-electron chi connectivity index (χ0n) is 12.8. The molecule has 2 aromatic rings. The van der Waals surface area contributed by atoms with Crippen molar-refractivity contribution in [3.8, 4) is 0 Å². The summed E-state index contributed by atoms with van der Waals surface area (Å²) in [5, 5.41) is 3.12. The number of amides is 1. The van der Waals surface area contributed by atoms with Gasteiger partial charge in [-0.05, 0) is 37.0 Å². The van der Waals surface area contributed by atoms with Crippen molar-refractivity contribution < 1.29 is 4.79 Å². The van der Waals surface area contributed by atoms with Gasteiger partial charge in [0.15, 0.2) is 0 Å². The normalized spacial score (nSPS) is 15.8. The Morgan fingerprint density at radius 2 is 1.86 bits per heavy atom. The summed E-state index contributed by atoms with van der Waals surface area (Å²) in [6.07, 6.45) is 6.58. The maximum absolute atomic E-state index is 12.6. The van der Waals surface area contributed by atoms with E-state index in [-0.39, 0.29) is 11.3 Å². The van der Waals surface area contributed by atoms with Gasteiger partial charge in [0.1, 0.15) is 0 Å². The largest absolute Gasteiger partial charge is 0.355 e. The Bertz CT molecular complexity index is 606. The second-order valence-corrected chi connectivity index (χ2v) is 6.12. The van der Waals surface area contributed by atoms with Crippen LogP contribution in [0.1, 0.15) is 30.5 Å². The molecule has 0 bridgehead atoms. The van der Waals surface area contributed by atoms with E-state index in [9.17, 15) is 4.79 Å². The lowest BCUT2D eigenvalue weighted by atomic mass is 9.64. The third-order valence-corrected chi connectivity index (χ3v) is 4.57. The van der Waals surface area contributed by atoms with Gasteiger partial charge in [-0.25, -0.2) is 0 Å². The molecule has 114 valence electrons. The molecule has 3 rings (SSSR count). The van der Waals surface area contributed by atoms with E-state index in [0.717, 1.165) is 37.8 Å². The van der Waals surface area contributed by atoms with Gasteiger partial charge in [0.05, 0.1) is 5.41 Å². The number of pyridine rings is 1. The Balaban J connectivity index is 1.55. The Labute approximate surface area is 131 Å². The first kappa shape index (κ1) is 14.8. The highest BCUT2D eigenvalue weighted by molar-refractivity contribution is 5.83. The van der Waals surface area contributed by atoms with Crippen molar-refractivity contribution in [2.75, 3.05) is 6.54 Å². The predicted molar refractivity (Wildman–Crippen MR) is 87.4 cm³/mol. The molecule has 1 aromatic heterocycles. The highest BCUT2D eigenvalue weighted by Gasteiger charge is 2.43. The number of hydrogen-bond donors (Lipinski definition) is 1. The van der Waals surface area contributed by atoms with Crippen LogP contribution in [-0.2, 0) is 17.6 Å². The molecule has 0 aliphatic heterocycles. The summed E-state index contributed by atoms with van der Waals surface area (Å²) in [6.45, 7) is 0.659. The van der Waals surface area contributed by atoms with Gasteiger partial charge in [-0.3, -0.25) is 9.78 Å². The molecule has 1 saturated carbocycles. The zero-order chi connectivity index (χ0) is 15.3. The first-order chi connectivity index (χ1) is 10.8. The zero-order valence-corrected chi connectivity index (χ0v) is 12.8. The minimum atomic E-state index is -0.189. The number of aromatic nitrogens is 1. The molecule has 3 heteroatoms. The van der Waals surface area contributed by atoms with Crippen molar-refractivity contribution in [2.45, 2.75) is 32.1 Å². The van der Waals surface area contributed by atoms with Gasteiger partial charge in [-0.1, -0.05) is 42.8 Å². The molecule has 1 N–H and O–H groups in total. The van der Waals surface area contributed by atoms with Crippen LogP contribution in [0.2, 0.25) is 0 Å². The van der Waals surface area contributed by atoms with Crippen LogP contribution >= 0.6 is 0 Å². The molecule has 3 nitrogen and oxygen atoms in total. The summed E-state index contributed by atoms with van der Waals surface area (Å²) in [7, 11) is 0. The highest BCUT2D eigenvalue weighted by atomic mass is 16.2. The Morgan fingerprint density at radius 3 is 2.50 bits per heavy atom. The number of nitrogens with zero attached hydrogens (tertiary/aromatic N) is 1. The van der Waals surface area contributed by atoms with Crippen LogP contribution in [-0.4, -0.2) is 17.4 Å². The average Bonchev–Trinajstić information content (AvgIpc) is 2.53. The van der Waals surface area contributed by atoms with Gasteiger partial charge < -0.3 is 5.32 Å². The molecule has 0 spiro atoms. The molecule has 0 saturated heterocycles. The molecule has 1 heterocycles. The maximum atomic E-state index is 12.6. The van der Waals surface area contributed by atoms with Crippen LogP contribution in [0.3, 0.4) is 0 Å². The number of carbonyl (C=O) groups excluding carboxylic acids is 1. The van der Waals surface area contributed by atoms with E-state index < -0.39 is 0 Å². The van der Waals surface area contributed by atoms with E-state index >= 15 is 0 Å². The van der Waals surface area contributed by atoms with Crippen LogP contribution in [0.25, 0.3) is 0 Å². The Morgan fingerprint density at radius 1 is 1.09 bits per heavy atom. The Hall–Kier alpha value is -2.16. The predicted octanol–water partition coefficient (Wildman–Crippen LogP) is 3.15. The molecule has 0 unspecified atom stereocenters. The molecule has 0 atom stereocenters. The summed E-state index contributed by atoms with van der Waals surface area (Å²) in [5.41, 5.74) is 2.08. The van der Waals surface area contributed by atoms with Gasteiger partial charge in [0.25, 0.3) is 0 Å². The molecule has 1 aromatic carbocycles. The number of hydrogen-bond acceptors (Lipinski definition) is 2. The van der Waals surface area contributed by atoms with Crippen LogP contribution in [0.15, 0.2) is 54.7 Å². The summed E-state index contributed by atoms with van der Waals surface area (Å²) >= 11 is 0. The van der Waals surface area contributed by atoms with E-state index in [4.69, 9.17) is 0 Å². The van der Waals surface area contributed by atoms with Crippen LogP contribution < -0.4 is 5.32 Å². The van der Waals surface area contributed by atoms with Crippen LogP contribution in [0, 0.1) is 5.41 Å². The van der Waals surface area contributed by atoms with E-state index in [1.54, 1.807) is 6.20 Å². The minimum absolute atomic E-state index is 0.189. The Kier molecular flexibility index (Phi) is 4.52. The average molecular weight is 294 g/mol. The fraction of sp³-hybridized carbons (Fsp3) is 0.368. The van der Waals surface area contributed by atoms with Crippen molar-refractivity contribution in [3.05, 3.63) is 66.0 Å².